The van der Waals surface area contributed by atoms with E-state index in [0.29, 0.717) is 37.5 Å². The number of nitrogens with zero attached hydrogens (tertiary/aromatic N) is 1. The smallest absolute Gasteiger partial charge is 0.326 e. The van der Waals surface area contributed by atoms with Gasteiger partial charge in [0, 0.05) is 31.8 Å². The first-order valence-corrected chi connectivity index (χ1v) is 15.5. The van der Waals surface area contributed by atoms with Crippen LogP contribution in [-0.2, 0) is 20.8 Å². The standard InChI is InChI=1S/C33H44N2O5S/c1-6-10-24(7-2)21-40-22-26-18-27(39-4)20-35(26)19-25-13-14-29(30(17-25)28-12-9-8-11-23(28)3)32(36)34-31(33(37)38)15-16-41-5/h6-14,17,26-27,31H,15-16,18-22H2,1-5H3,(H,34,36)(H,37,38)/b10-6-,24-7+/t26-,27?,31?/m0/s1. The van der Waals surface area contributed by atoms with Crippen LogP contribution in [0.4, 0.5) is 0 Å². The first kappa shape index (κ1) is 32.6. The molecule has 0 aliphatic carbocycles. The number of aliphatic carboxylic acids is 1. The Hall–Kier alpha value is -2.91. The van der Waals surface area contributed by atoms with Gasteiger partial charge >= 0.3 is 5.97 Å². The molecule has 1 saturated heterocycles. The fraction of sp³-hybridized carbons (Fsp3) is 0.455. The van der Waals surface area contributed by atoms with Crippen LogP contribution in [0.15, 0.2) is 66.3 Å². The van der Waals surface area contributed by atoms with E-state index in [1.807, 2.05) is 69.5 Å². The van der Waals surface area contributed by atoms with Crippen LogP contribution in [0.2, 0.25) is 0 Å². The third kappa shape index (κ3) is 9.30. The lowest BCUT2D eigenvalue weighted by Gasteiger charge is -2.25. The molecular formula is C33H44N2O5S. The van der Waals surface area contributed by atoms with Gasteiger partial charge in [-0.15, -0.1) is 0 Å². The molecule has 1 fully saturated rings. The van der Waals surface area contributed by atoms with E-state index < -0.39 is 12.0 Å². The summed E-state index contributed by atoms with van der Waals surface area (Å²) in [5, 5.41) is 12.4. The lowest BCUT2D eigenvalue weighted by molar-refractivity contribution is -0.139. The highest BCUT2D eigenvalue weighted by Crippen LogP contribution is 2.30. The second-order valence-electron chi connectivity index (χ2n) is 10.4. The summed E-state index contributed by atoms with van der Waals surface area (Å²) in [5.74, 6) is -0.755. The molecule has 1 aliphatic heterocycles. The minimum Gasteiger partial charge on any atom is -0.480 e. The summed E-state index contributed by atoms with van der Waals surface area (Å²) in [7, 11) is 1.75. The number of thioether (sulfide) groups is 1. The number of aryl methyl sites for hydroxylation is 1. The Morgan fingerprint density at radius 1 is 1.20 bits per heavy atom. The van der Waals surface area contributed by atoms with Crippen LogP contribution in [0.3, 0.4) is 0 Å². The molecule has 2 unspecified atom stereocenters. The van der Waals surface area contributed by atoms with Crippen LogP contribution in [0.5, 0.6) is 0 Å². The molecule has 0 aromatic heterocycles. The Bertz CT molecular complexity index is 1230. The van der Waals surface area contributed by atoms with E-state index in [4.69, 9.17) is 9.47 Å². The van der Waals surface area contributed by atoms with E-state index in [-0.39, 0.29) is 18.1 Å². The predicted octanol–water partition coefficient (Wildman–Crippen LogP) is 5.73. The van der Waals surface area contributed by atoms with E-state index in [2.05, 4.69) is 28.4 Å². The minimum absolute atomic E-state index is 0.135. The normalized spacial score (nSPS) is 18.6. The maximum atomic E-state index is 13.4. The molecule has 0 bridgehead atoms. The van der Waals surface area contributed by atoms with Gasteiger partial charge in [-0.1, -0.05) is 48.6 Å². The van der Waals surface area contributed by atoms with Crippen molar-refractivity contribution in [3.8, 4) is 11.1 Å². The third-order valence-electron chi connectivity index (χ3n) is 7.52. The lowest BCUT2D eigenvalue weighted by atomic mass is 9.93. The summed E-state index contributed by atoms with van der Waals surface area (Å²) in [6.45, 7) is 8.70. The number of hydrogen-bond donors (Lipinski definition) is 2. The first-order valence-electron chi connectivity index (χ1n) is 14.1. The highest BCUT2D eigenvalue weighted by atomic mass is 32.2. The van der Waals surface area contributed by atoms with Crippen LogP contribution in [-0.4, -0.2) is 78.9 Å². The summed E-state index contributed by atoms with van der Waals surface area (Å²) in [5.41, 5.74) is 5.49. The number of carbonyl (C=O) groups is 2. The molecule has 7 nitrogen and oxygen atoms in total. The van der Waals surface area contributed by atoms with Gasteiger partial charge in [0.15, 0.2) is 0 Å². The lowest BCUT2D eigenvalue weighted by Crippen LogP contribution is -2.41. The second kappa shape index (κ2) is 16.5. The van der Waals surface area contributed by atoms with E-state index in [1.165, 1.54) is 0 Å². The monoisotopic (exact) mass is 580 g/mol. The zero-order valence-corrected chi connectivity index (χ0v) is 25.7. The quantitative estimate of drug-likeness (QED) is 0.260. The van der Waals surface area contributed by atoms with Crippen molar-refractivity contribution < 1.29 is 24.2 Å². The average Bonchev–Trinajstić information content (AvgIpc) is 3.36. The van der Waals surface area contributed by atoms with Crippen molar-refractivity contribution in [2.75, 3.05) is 38.9 Å². The maximum Gasteiger partial charge on any atom is 0.326 e. The molecule has 3 atom stereocenters. The number of likely N-dealkylation sites (tertiary alicyclic amines) is 1. The molecule has 2 aromatic carbocycles. The van der Waals surface area contributed by atoms with Crippen molar-refractivity contribution in [1.29, 1.82) is 0 Å². The van der Waals surface area contributed by atoms with Crippen molar-refractivity contribution in [1.82, 2.24) is 10.2 Å². The number of ether oxygens (including phenoxy) is 2. The predicted molar refractivity (Wildman–Crippen MR) is 168 cm³/mol. The Kier molecular flexibility index (Phi) is 13.1. The summed E-state index contributed by atoms with van der Waals surface area (Å²) < 4.78 is 11.8. The van der Waals surface area contributed by atoms with E-state index in [9.17, 15) is 14.7 Å². The van der Waals surface area contributed by atoms with E-state index in [1.54, 1.807) is 18.9 Å². The number of nitrogens with one attached hydrogen (secondary N) is 1. The molecule has 2 N–H and O–H groups in total. The van der Waals surface area contributed by atoms with Gasteiger partial charge in [0.05, 0.1) is 19.3 Å². The molecule has 8 heteroatoms. The fourth-order valence-electron chi connectivity index (χ4n) is 5.18. The van der Waals surface area contributed by atoms with Crippen LogP contribution in [0.1, 0.15) is 48.2 Å². The maximum absolute atomic E-state index is 13.4. The molecule has 0 radical (unpaired) electrons. The van der Waals surface area contributed by atoms with Crippen molar-refractivity contribution in [2.45, 2.75) is 58.3 Å². The van der Waals surface area contributed by atoms with Crippen LogP contribution >= 0.6 is 11.8 Å². The zero-order chi connectivity index (χ0) is 29.8. The topological polar surface area (TPSA) is 88.1 Å². The number of carboxylic acid groups (broad SMARTS) is 1. The van der Waals surface area contributed by atoms with E-state index >= 15 is 0 Å². The Balaban J connectivity index is 1.86. The summed E-state index contributed by atoms with van der Waals surface area (Å²) >= 11 is 1.56. The largest absolute Gasteiger partial charge is 0.480 e. The van der Waals surface area contributed by atoms with Crippen molar-refractivity contribution in [3.63, 3.8) is 0 Å². The number of carboxylic acids is 1. The molecule has 1 heterocycles. The Morgan fingerprint density at radius 2 is 1.98 bits per heavy atom. The van der Waals surface area contributed by atoms with Crippen LogP contribution < -0.4 is 5.32 Å². The molecule has 2 aromatic rings. The van der Waals surface area contributed by atoms with Gasteiger partial charge in [0.25, 0.3) is 5.91 Å². The summed E-state index contributed by atoms with van der Waals surface area (Å²) in [4.78, 5) is 27.6. The van der Waals surface area contributed by atoms with Gasteiger partial charge in [-0.2, -0.15) is 11.8 Å². The molecular weight excluding hydrogens is 536 g/mol. The molecule has 222 valence electrons. The van der Waals surface area contributed by atoms with Crippen molar-refractivity contribution in [2.24, 2.45) is 0 Å². The molecule has 3 rings (SSSR count). The third-order valence-corrected chi connectivity index (χ3v) is 8.16. The second-order valence-corrected chi connectivity index (χ2v) is 11.4. The van der Waals surface area contributed by atoms with Crippen molar-refractivity contribution >= 4 is 23.6 Å². The molecule has 0 spiro atoms. The van der Waals surface area contributed by atoms with Gasteiger partial charge < -0.3 is 19.9 Å². The van der Waals surface area contributed by atoms with Gasteiger partial charge in [-0.25, -0.2) is 4.79 Å². The van der Waals surface area contributed by atoms with Crippen LogP contribution in [0, 0.1) is 6.92 Å². The zero-order valence-electron chi connectivity index (χ0n) is 24.9. The molecule has 1 aliphatic rings. The number of carbonyl (C=O) groups excluding carboxylic acids is 1. The number of amides is 1. The highest BCUT2D eigenvalue weighted by Gasteiger charge is 2.32. The number of allylic oxidation sites excluding steroid dienone is 2. The Labute approximate surface area is 249 Å². The van der Waals surface area contributed by atoms with Gasteiger partial charge in [-0.3, -0.25) is 9.69 Å². The van der Waals surface area contributed by atoms with Crippen LogP contribution in [0.25, 0.3) is 11.1 Å². The fourth-order valence-corrected chi connectivity index (χ4v) is 5.65. The SMILES string of the molecule is C/C=C\C(=C/C)COC[C@@H]1CC(OC)CN1Cc1ccc(C(=O)NC(CCSC)C(=O)O)c(-c2ccccc2C)c1. The van der Waals surface area contributed by atoms with Crippen molar-refractivity contribution in [3.05, 3.63) is 83.0 Å². The average molecular weight is 581 g/mol. The highest BCUT2D eigenvalue weighted by molar-refractivity contribution is 7.98. The van der Waals surface area contributed by atoms with Gasteiger partial charge in [-0.05, 0) is 85.6 Å². The molecule has 0 saturated carbocycles. The number of hydrogen-bond acceptors (Lipinski definition) is 6. The number of methoxy groups -OCH3 is 1. The minimum atomic E-state index is -1.02. The van der Waals surface area contributed by atoms with Gasteiger partial charge in [0.1, 0.15) is 6.04 Å². The molecule has 1 amide bonds. The Morgan fingerprint density at radius 3 is 2.63 bits per heavy atom. The van der Waals surface area contributed by atoms with E-state index in [0.717, 1.165) is 40.8 Å². The summed E-state index contributed by atoms with van der Waals surface area (Å²) in [6.07, 6.45) is 9.46. The molecule has 41 heavy (non-hydrogen) atoms. The van der Waals surface area contributed by atoms with Gasteiger partial charge in [0.2, 0.25) is 0 Å². The summed E-state index contributed by atoms with van der Waals surface area (Å²) in [6, 6.07) is 13.1. The number of rotatable bonds is 15. The first-order chi connectivity index (χ1) is 19.8. The number of benzene rings is 2.